The molecule has 1 N–H and O–H groups in total. The van der Waals surface area contributed by atoms with Gasteiger partial charge in [-0.2, -0.15) is 10.2 Å². The summed E-state index contributed by atoms with van der Waals surface area (Å²) in [5.41, 5.74) is 4.32. The molecule has 0 fully saturated rings. The van der Waals surface area contributed by atoms with Crippen LogP contribution in [0.5, 0.6) is 5.75 Å². The Morgan fingerprint density at radius 3 is 2.65 bits per heavy atom. The molecule has 2 aromatic carbocycles. The number of carbonyl (C=O) groups excluding carboxylic acids is 1. The number of carbonyl (C=O) groups is 1. The highest BCUT2D eigenvalue weighted by atomic mass is 32.1. The molecule has 0 saturated heterocycles. The molecule has 6 nitrogen and oxygen atoms in total. The summed E-state index contributed by atoms with van der Waals surface area (Å²) in [6, 6.07) is 20.7. The van der Waals surface area contributed by atoms with Crippen LogP contribution in [-0.2, 0) is 4.79 Å². The van der Waals surface area contributed by atoms with Crippen molar-refractivity contribution in [1.29, 1.82) is 0 Å². The van der Waals surface area contributed by atoms with E-state index >= 15 is 0 Å². The van der Waals surface area contributed by atoms with Gasteiger partial charge in [0.2, 0.25) is 5.91 Å². The Hall–Kier alpha value is -3.71. The Kier molecular flexibility index (Phi) is 4.88. The number of amides is 1. The van der Waals surface area contributed by atoms with Gasteiger partial charge in [-0.15, -0.1) is 11.3 Å². The van der Waals surface area contributed by atoms with Crippen LogP contribution >= 0.6 is 11.3 Å². The number of rotatable bonds is 4. The van der Waals surface area contributed by atoms with Gasteiger partial charge in [0, 0.05) is 30.7 Å². The molecule has 0 saturated carbocycles. The molecule has 7 heteroatoms. The van der Waals surface area contributed by atoms with Gasteiger partial charge in [-0.3, -0.25) is 4.79 Å². The van der Waals surface area contributed by atoms with E-state index in [1.807, 2.05) is 64.8 Å². The first-order valence-electron chi connectivity index (χ1n) is 9.95. The predicted molar refractivity (Wildman–Crippen MR) is 121 cm³/mol. The summed E-state index contributed by atoms with van der Waals surface area (Å²) in [4.78, 5) is 13.5. The number of hydrazone groups is 1. The van der Waals surface area contributed by atoms with E-state index in [0.29, 0.717) is 6.42 Å². The van der Waals surface area contributed by atoms with Crippen molar-refractivity contribution in [2.45, 2.75) is 19.4 Å². The van der Waals surface area contributed by atoms with Crippen molar-refractivity contribution in [2.75, 3.05) is 0 Å². The van der Waals surface area contributed by atoms with Gasteiger partial charge in [-0.25, -0.2) is 9.69 Å². The van der Waals surface area contributed by atoms with E-state index in [1.165, 1.54) is 11.9 Å². The minimum atomic E-state index is -0.274. The first-order chi connectivity index (χ1) is 15.1. The number of phenols is 1. The molecule has 5 rings (SSSR count). The molecule has 1 unspecified atom stereocenters. The average molecular weight is 429 g/mol. The third-order valence-corrected chi connectivity index (χ3v) is 6.17. The number of nitrogens with zero attached hydrogens (tertiary/aromatic N) is 4. The monoisotopic (exact) mass is 428 g/mol. The van der Waals surface area contributed by atoms with E-state index in [9.17, 15) is 9.90 Å². The summed E-state index contributed by atoms with van der Waals surface area (Å²) in [5.74, 6) is 0.0407. The number of aromatic nitrogens is 2. The van der Waals surface area contributed by atoms with Crippen molar-refractivity contribution in [3.8, 4) is 22.0 Å². The molecule has 0 spiro atoms. The number of benzene rings is 2. The van der Waals surface area contributed by atoms with Gasteiger partial charge >= 0.3 is 0 Å². The van der Waals surface area contributed by atoms with Crippen molar-refractivity contribution >= 4 is 23.0 Å². The maximum Gasteiger partial charge on any atom is 0.240 e. The molecule has 154 valence electrons. The van der Waals surface area contributed by atoms with Gasteiger partial charge < -0.3 is 5.11 Å². The van der Waals surface area contributed by atoms with E-state index in [4.69, 9.17) is 5.10 Å². The zero-order valence-corrected chi connectivity index (χ0v) is 17.7. The fraction of sp³-hybridized carbons (Fsp3) is 0.125. The third kappa shape index (κ3) is 3.64. The Bertz CT molecular complexity index is 1260. The van der Waals surface area contributed by atoms with Crippen molar-refractivity contribution in [3.63, 3.8) is 0 Å². The number of phenolic OH excluding ortho intramolecular Hbond substituents is 1. The molecule has 1 amide bonds. The normalized spacial score (nSPS) is 15.8. The second-order valence-electron chi connectivity index (χ2n) is 7.37. The van der Waals surface area contributed by atoms with Crippen LogP contribution in [0.15, 0.2) is 83.4 Å². The number of hydrogen-bond donors (Lipinski definition) is 1. The molecule has 1 aliphatic rings. The minimum absolute atomic E-state index is 0.134. The fourth-order valence-corrected chi connectivity index (χ4v) is 4.58. The lowest BCUT2D eigenvalue weighted by Gasteiger charge is -2.19. The lowest BCUT2D eigenvalue weighted by Crippen LogP contribution is -2.24. The van der Waals surface area contributed by atoms with Crippen LogP contribution in [0.2, 0.25) is 0 Å². The number of thiophene rings is 1. The molecule has 0 aliphatic carbocycles. The largest absolute Gasteiger partial charge is 0.508 e. The molecular weight excluding hydrogens is 408 g/mol. The van der Waals surface area contributed by atoms with Gasteiger partial charge in [0.05, 0.1) is 22.3 Å². The van der Waals surface area contributed by atoms with Crippen molar-refractivity contribution < 1.29 is 9.90 Å². The molecule has 1 atom stereocenters. The first kappa shape index (κ1) is 19.3. The van der Waals surface area contributed by atoms with E-state index in [0.717, 1.165) is 33.1 Å². The fourth-order valence-electron chi connectivity index (χ4n) is 3.85. The molecule has 2 aromatic heterocycles. The number of para-hydroxylation sites is 1. The highest BCUT2D eigenvalue weighted by molar-refractivity contribution is 7.13. The smallest absolute Gasteiger partial charge is 0.240 e. The molecule has 0 bridgehead atoms. The van der Waals surface area contributed by atoms with Crippen LogP contribution in [0.25, 0.3) is 16.3 Å². The number of hydrogen-bond acceptors (Lipinski definition) is 5. The van der Waals surface area contributed by atoms with Gasteiger partial charge in [0.25, 0.3) is 0 Å². The van der Waals surface area contributed by atoms with Crippen molar-refractivity contribution in [3.05, 3.63) is 89.4 Å². The highest BCUT2D eigenvalue weighted by Crippen LogP contribution is 2.39. The van der Waals surface area contributed by atoms with Gasteiger partial charge in [0.1, 0.15) is 11.4 Å². The maximum absolute atomic E-state index is 12.5. The van der Waals surface area contributed by atoms with E-state index in [2.05, 4.69) is 5.10 Å². The Labute approximate surface area is 183 Å². The average Bonchev–Trinajstić information content (AvgIpc) is 3.52. The van der Waals surface area contributed by atoms with Crippen LogP contribution in [0.3, 0.4) is 0 Å². The molecule has 1 aliphatic heterocycles. The molecule has 3 heterocycles. The van der Waals surface area contributed by atoms with Crippen LogP contribution in [0.1, 0.15) is 30.5 Å². The molecule has 31 heavy (non-hydrogen) atoms. The summed E-state index contributed by atoms with van der Waals surface area (Å²) in [7, 11) is 0. The predicted octanol–water partition coefficient (Wildman–Crippen LogP) is 5.00. The first-order valence-corrected chi connectivity index (χ1v) is 10.8. The van der Waals surface area contributed by atoms with E-state index < -0.39 is 0 Å². The van der Waals surface area contributed by atoms with Gasteiger partial charge in [0.15, 0.2) is 0 Å². The Balaban J connectivity index is 1.60. The third-order valence-electron chi connectivity index (χ3n) is 5.29. The molecular formula is C24H20N4O2S. The quantitative estimate of drug-likeness (QED) is 0.497. The maximum atomic E-state index is 12.5. The lowest BCUT2D eigenvalue weighted by atomic mass is 9.98. The second-order valence-corrected chi connectivity index (χ2v) is 8.32. The summed E-state index contributed by atoms with van der Waals surface area (Å²) in [6.07, 6.45) is 2.54. The van der Waals surface area contributed by atoms with Crippen LogP contribution in [0.4, 0.5) is 0 Å². The van der Waals surface area contributed by atoms with Crippen molar-refractivity contribution in [1.82, 2.24) is 14.8 Å². The van der Waals surface area contributed by atoms with Crippen LogP contribution in [0, 0.1) is 0 Å². The summed E-state index contributed by atoms with van der Waals surface area (Å²) < 4.78 is 1.86. The topological polar surface area (TPSA) is 70.7 Å². The zero-order valence-electron chi connectivity index (χ0n) is 16.8. The standard InChI is InChI=1S/C24H20N4O2S/c1-16(29)28-22(14-21(25-28)17-7-5-10-19(30)13-17)20-15-27(18-8-3-2-4-9-18)26-24(20)23-11-6-12-31-23/h2-13,15,22,30H,14H2,1H3. The van der Waals surface area contributed by atoms with Crippen LogP contribution in [-0.4, -0.2) is 31.5 Å². The zero-order chi connectivity index (χ0) is 21.4. The minimum Gasteiger partial charge on any atom is -0.508 e. The highest BCUT2D eigenvalue weighted by Gasteiger charge is 2.35. The lowest BCUT2D eigenvalue weighted by molar-refractivity contribution is -0.130. The number of aromatic hydroxyl groups is 1. The SMILES string of the molecule is CC(=O)N1N=C(c2cccc(O)c2)CC1c1cn(-c2ccccc2)nc1-c1cccs1. The second kappa shape index (κ2) is 7.85. The van der Waals surface area contributed by atoms with E-state index in [-0.39, 0.29) is 17.7 Å². The molecule has 4 aromatic rings. The Morgan fingerprint density at radius 1 is 1.10 bits per heavy atom. The summed E-state index contributed by atoms with van der Waals surface area (Å²) >= 11 is 1.62. The van der Waals surface area contributed by atoms with Crippen LogP contribution < -0.4 is 0 Å². The van der Waals surface area contributed by atoms with Gasteiger partial charge in [-0.1, -0.05) is 36.4 Å². The molecule has 0 radical (unpaired) electrons. The summed E-state index contributed by atoms with van der Waals surface area (Å²) in [5, 5.41) is 22.9. The summed E-state index contributed by atoms with van der Waals surface area (Å²) in [6.45, 7) is 1.52. The van der Waals surface area contributed by atoms with E-state index in [1.54, 1.807) is 29.5 Å². The van der Waals surface area contributed by atoms with Gasteiger partial charge in [-0.05, 0) is 35.7 Å². The Morgan fingerprint density at radius 2 is 1.94 bits per heavy atom. The van der Waals surface area contributed by atoms with Crippen molar-refractivity contribution in [2.24, 2.45) is 5.10 Å².